The van der Waals surface area contributed by atoms with E-state index >= 15 is 0 Å². The van der Waals surface area contributed by atoms with Crippen molar-refractivity contribution in [3.8, 4) is 6.19 Å². The number of nitriles is 1. The second-order valence-electron chi connectivity index (χ2n) is 5.10. The molecule has 1 aromatic rings. The lowest BCUT2D eigenvalue weighted by atomic mass is 10.1. The lowest BCUT2D eigenvalue weighted by molar-refractivity contribution is -0.137. The van der Waals surface area contributed by atoms with Gasteiger partial charge in [-0.25, -0.2) is 4.39 Å². The Hall–Kier alpha value is -2.56. The van der Waals surface area contributed by atoms with Gasteiger partial charge < -0.3 is 10.2 Å². The van der Waals surface area contributed by atoms with Crippen molar-refractivity contribution in [1.82, 2.24) is 10.2 Å². The normalized spacial score (nSPS) is 16.5. The molecule has 1 saturated heterocycles. The van der Waals surface area contributed by atoms with Crippen molar-refractivity contribution in [3.63, 3.8) is 0 Å². The summed E-state index contributed by atoms with van der Waals surface area (Å²) in [6.45, 7) is 0.528. The first-order valence-electron chi connectivity index (χ1n) is 6.77. The predicted molar refractivity (Wildman–Crippen MR) is 73.1 cm³/mol. The molecule has 0 atom stereocenters. The third-order valence-corrected chi connectivity index (χ3v) is 3.40. The lowest BCUT2D eigenvalue weighted by Gasteiger charge is -2.10. The van der Waals surface area contributed by atoms with Gasteiger partial charge in [0, 0.05) is 31.3 Å². The summed E-state index contributed by atoms with van der Waals surface area (Å²) >= 11 is 0. The van der Waals surface area contributed by atoms with Gasteiger partial charge in [0.05, 0.1) is 5.56 Å². The minimum absolute atomic E-state index is 0.239. The highest BCUT2D eigenvalue weighted by Gasteiger charge is 2.31. The van der Waals surface area contributed by atoms with Crippen LogP contribution >= 0.6 is 0 Å². The van der Waals surface area contributed by atoms with Crippen LogP contribution in [0.3, 0.4) is 0 Å². The highest BCUT2D eigenvalue weighted by atomic mass is 19.4. The second-order valence-corrected chi connectivity index (χ2v) is 5.10. The number of benzene rings is 1. The maximum Gasteiger partial charge on any atom is 0.416 e. The van der Waals surface area contributed by atoms with E-state index in [9.17, 15) is 22.4 Å². The first-order valence-corrected chi connectivity index (χ1v) is 6.77. The van der Waals surface area contributed by atoms with Crippen LogP contribution in [0.2, 0.25) is 0 Å². The Labute approximate surface area is 130 Å². The van der Waals surface area contributed by atoms with E-state index in [2.05, 4.69) is 5.32 Å². The average molecular weight is 327 g/mol. The fraction of sp³-hybridized carbons (Fsp3) is 0.333. The van der Waals surface area contributed by atoms with Gasteiger partial charge in [-0.15, -0.1) is 0 Å². The van der Waals surface area contributed by atoms with Crippen molar-refractivity contribution < 1.29 is 22.4 Å². The highest BCUT2D eigenvalue weighted by Crippen LogP contribution is 2.30. The summed E-state index contributed by atoms with van der Waals surface area (Å²) in [6, 6.07) is 2.05. The average Bonchev–Trinajstić information content (AvgIpc) is 2.92. The van der Waals surface area contributed by atoms with Gasteiger partial charge in [0.1, 0.15) is 5.82 Å². The van der Waals surface area contributed by atoms with Gasteiger partial charge in [0.25, 0.3) is 0 Å². The molecule has 1 aliphatic rings. The number of nitrogens with zero attached hydrogens (tertiary/aromatic N) is 2. The number of rotatable bonds is 3. The molecule has 2 rings (SSSR count). The summed E-state index contributed by atoms with van der Waals surface area (Å²) in [5, 5.41) is 11.1. The van der Waals surface area contributed by atoms with E-state index in [4.69, 9.17) is 5.26 Å². The van der Waals surface area contributed by atoms with Gasteiger partial charge in [-0.05, 0) is 30.2 Å². The van der Waals surface area contributed by atoms with Gasteiger partial charge in [0.2, 0.25) is 5.91 Å². The van der Waals surface area contributed by atoms with Crippen LogP contribution in [0.25, 0.3) is 0 Å². The number of halogens is 4. The van der Waals surface area contributed by atoms with Crippen LogP contribution in [0.4, 0.5) is 17.6 Å². The van der Waals surface area contributed by atoms with Crippen molar-refractivity contribution in [2.24, 2.45) is 0 Å². The molecule has 0 unspecified atom stereocenters. The van der Waals surface area contributed by atoms with Gasteiger partial charge >= 0.3 is 6.18 Å². The monoisotopic (exact) mass is 327 g/mol. The second kappa shape index (κ2) is 6.69. The van der Waals surface area contributed by atoms with E-state index < -0.39 is 23.5 Å². The van der Waals surface area contributed by atoms with Gasteiger partial charge in [0.15, 0.2) is 6.19 Å². The van der Waals surface area contributed by atoms with Crippen LogP contribution in [0.5, 0.6) is 0 Å². The summed E-state index contributed by atoms with van der Waals surface area (Å²) in [6.07, 6.45) is -0.750. The Morgan fingerprint density at radius 2 is 2.17 bits per heavy atom. The smallest absolute Gasteiger partial charge is 0.348 e. The molecule has 0 aromatic heterocycles. The van der Waals surface area contributed by atoms with Crippen LogP contribution in [0.15, 0.2) is 29.8 Å². The fourth-order valence-corrected chi connectivity index (χ4v) is 2.19. The van der Waals surface area contributed by atoms with E-state index in [0.717, 1.165) is 11.6 Å². The van der Waals surface area contributed by atoms with Crippen molar-refractivity contribution >= 4 is 5.91 Å². The predicted octanol–water partition coefficient (Wildman–Crippen LogP) is 2.57. The number of amides is 1. The first-order chi connectivity index (χ1) is 10.8. The number of nitrogens with one attached hydrogen (secondary N) is 1. The van der Waals surface area contributed by atoms with Crippen molar-refractivity contribution in [1.29, 1.82) is 5.26 Å². The summed E-state index contributed by atoms with van der Waals surface area (Å²) < 4.78 is 51.3. The van der Waals surface area contributed by atoms with Crippen molar-refractivity contribution in [2.45, 2.75) is 19.1 Å². The van der Waals surface area contributed by atoms with Crippen LogP contribution in [0.1, 0.15) is 17.5 Å². The highest BCUT2D eigenvalue weighted by molar-refractivity contribution is 5.88. The number of hydrogen-bond donors (Lipinski definition) is 1. The Kier molecular flexibility index (Phi) is 4.89. The summed E-state index contributed by atoms with van der Waals surface area (Å²) in [7, 11) is 0. The summed E-state index contributed by atoms with van der Waals surface area (Å²) in [5.41, 5.74) is -0.466. The molecule has 1 amide bonds. The zero-order valence-corrected chi connectivity index (χ0v) is 12.0. The topological polar surface area (TPSA) is 56.1 Å². The van der Waals surface area contributed by atoms with Crippen LogP contribution in [0, 0.1) is 17.3 Å². The molecule has 0 radical (unpaired) electrons. The number of likely N-dealkylation sites (tertiary alicyclic amines) is 1. The SMILES string of the molecule is N#CN1CCC(=CC(=O)NCc2cc(C(F)(F)F)ccc2F)C1. The summed E-state index contributed by atoms with van der Waals surface area (Å²) in [4.78, 5) is 13.2. The molecular weight excluding hydrogens is 314 g/mol. The minimum atomic E-state index is -4.57. The van der Waals surface area contributed by atoms with Crippen LogP contribution in [-0.4, -0.2) is 23.9 Å². The van der Waals surface area contributed by atoms with E-state index in [-0.39, 0.29) is 12.1 Å². The largest absolute Gasteiger partial charge is 0.416 e. The third-order valence-electron chi connectivity index (χ3n) is 3.40. The quantitative estimate of drug-likeness (QED) is 0.527. The Balaban J connectivity index is 2.00. The standard InChI is InChI=1S/C15H13F4N3O/c16-13-2-1-12(15(17,18)19)6-11(13)7-21-14(23)5-10-3-4-22(8-10)9-20/h1-2,5-6H,3-4,7-8H2,(H,21,23). The Morgan fingerprint density at radius 1 is 1.43 bits per heavy atom. The molecule has 1 fully saturated rings. The van der Waals surface area contributed by atoms with Gasteiger partial charge in [-0.1, -0.05) is 0 Å². The Morgan fingerprint density at radius 3 is 2.78 bits per heavy atom. The molecule has 8 heteroatoms. The lowest BCUT2D eigenvalue weighted by Crippen LogP contribution is -2.22. The maximum atomic E-state index is 13.5. The molecule has 1 N–H and O–H groups in total. The Bertz CT molecular complexity index is 676. The number of alkyl halides is 3. The van der Waals surface area contributed by atoms with E-state index in [0.29, 0.717) is 31.6 Å². The molecule has 0 spiro atoms. The number of hydrogen-bond acceptors (Lipinski definition) is 3. The molecule has 122 valence electrons. The van der Waals surface area contributed by atoms with Gasteiger partial charge in [-0.2, -0.15) is 18.4 Å². The molecule has 1 heterocycles. The molecule has 23 heavy (non-hydrogen) atoms. The van der Waals surface area contributed by atoms with E-state index in [1.807, 2.05) is 6.19 Å². The maximum absolute atomic E-state index is 13.5. The molecule has 4 nitrogen and oxygen atoms in total. The molecule has 1 aromatic carbocycles. The minimum Gasteiger partial charge on any atom is -0.348 e. The van der Waals surface area contributed by atoms with Crippen LogP contribution in [-0.2, 0) is 17.5 Å². The zero-order valence-electron chi connectivity index (χ0n) is 12.0. The number of carbonyl (C=O) groups is 1. The first kappa shape index (κ1) is 16.8. The van der Waals surface area contributed by atoms with E-state index in [1.165, 1.54) is 11.0 Å². The molecule has 0 bridgehead atoms. The molecule has 0 aliphatic carbocycles. The number of carbonyl (C=O) groups excluding carboxylic acids is 1. The molecule has 1 aliphatic heterocycles. The van der Waals surface area contributed by atoms with Crippen molar-refractivity contribution in [2.75, 3.05) is 13.1 Å². The van der Waals surface area contributed by atoms with Crippen molar-refractivity contribution in [3.05, 3.63) is 46.8 Å². The summed E-state index contributed by atoms with van der Waals surface area (Å²) in [5.74, 6) is -1.35. The molecular formula is C15H13F4N3O. The van der Waals surface area contributed by atoms with Gasteiger partial charge in [-0.3, -0.25) is 4.79 Å². The molecule has 0 saturated carbocycles. The fourth-order valence-electron chi connectivity index (χ4n) is 2.19. The van der Waals surface area contributed by atoms with E-state index in [1.54, 1.807) is 0 Å². The van der Waals surface area contributed by atoms with Crippen LogP contribution < -0.4 is 5.32 Å². The third kappa shape index (κ3) is 4.45. The zero-order chi connectivity index (χ0) is 17.0.